The van der Waals surface area contributed by atoms with Gasteiger partial charge in [-0.1, -0.05) is 30.3 Å². The molecule has 1 aliphatic carbocycles. The van der Waals surface area contributed by atoms with Gasteiger partial charge in [-0.05, 0) is 48.3 Å². The zero-order chi connectivity index (χ0) is 18.1. The van der Waals surface area contributed by atoms with Crippen LogP contribution in [0.25, 0.3) is 0 Å². The molecule has 0 bridgehead atoms. The van der Waals surface area contributed by atoms with Crippen LogP contribution in [0.5, 0.6) is 0 Å². The van der Waals surface area contributed by atoms with Gasteiger partial charge in [0.25, 0.3) is 5.91 Å². The zero-order valence-corrected chi connectivity index (χ0v) is 15.8. The summed E-state index contributed by atoms with van der Waals surface area (Å²) in [4.78, 5) is 28.3. The number of nitrogens with zero attached hydrogens (tertiary/aromatic N) is 1. The fourth-order valence-electron chi connectivity index (χ4n) is 3.81. The molecule has 1 aliphatic heterocycles. The Hall–Kier alpha value is -2.14. The highest BCUT2D eigenvalue weighted by Crippen LogP contribution is 2.36. The number of hydrogen-bond acceptors (Lipinski definition) is 3. The molecule has 2 atom stereocenters. The molecule has 1 aromatic carbocycles. The van der Waals surface area contributed by atoms with Crippen molar-refractivity contribution in [2.75, 3.05) is 19.6 Å². The minimum Gasteiger partial charge on any atom is -0.356 e. The second-order valence-corrected chi connectivity index (χ2v) is 8.39. The van der Waals surface area contributed by atoms with Crippen LogP contribution in [0.3, 0.4) is 0 Å². The summed E-state index contributed by atoms with van der Waals surface area (Å²) in [5, 5.41) is 5.04. The molecule has 1 N–H and O–H groups in total. The number of hydrogen-bond donors (Lipinski definition) is 1. The summed E-state index contributed by atoms with van der Waals surface area (Å²) >= 11 is 1.46. The Kier molecular flexibility index (Phi) is 4.81. The van der Waals surface area contributed by atoms with E-state index in [1.807, 2.05) is 34.5 Å². The van der Waals surface area contributed by atoms with Gasteiger partial charge in [0.05, 0.1) is 10.8 Å². The zero-order valence-electron chi connectivity index (χ0n) is 15.0. The number of thiophene rings is 1. The van der Waals surface area contributed by atoms with E-state index in [1.54, 1.807) is 0 Å². The van der Waals surface area contributed by atoms with Gasteiger partial charge in [-0.3, -0.25) is 9.59 Å². The highest BCUT2D eigenvalue weighted by molar-refractivity contribution is 7.12. The van der Waals surface area contributed by atoms with Crippen molar-refractivity contribution >= 4 is 23.2 Å². The molecule has 0 radical (unpaired) electrons. The maximum atomic E-state index is 12.9. The van der Waals surface area contributed by atoms with E-state index >= 15 is 0 Å². The first-order valence-electron chi connectivity index (χ1n) is 9.29. The second-order valence-electron chi connectivity index (χ2n) is 7.45. The van der Waals surface area contributed by atoms with E-state index in [2.05, 4.69) is 24.4 Å². The molecule has 1 saturated heterocycles. The normalized spacial score (nSPS) is 22.4. The highest BCUT2D eigenvalue weighted by atomic mass is 32.1. The van der Waals surface area contributed by atoms with Crippen molar-refractivity contribution < 1.29 is 9.59 Å². The molecular weight excluding hydrogens is 344 g/mol. The van der Waals surface area contributed by atoms with Gasteiger partial charge in [-0.2, -0.15) is 0 Å². The number of carbonyl (C=O) groups excluding carboxylic acids is 2. The molecule has 2 fully saturated rings. The number of likely N-dealkylation sites (tertiary alicyclic amines) is 1. The van der Waals surface area contributed by atoms with Gasteiger partial charge >= 0.3 is 0 Å². The minimum atomic E-state index is -0.182. The standard InChI is InChI=1S/C21H24N2O2S/c1-14-5-2-3-6-16(14)17-12-23(21(25)19-7-4-10-26-19)13-18(17)20(24)22-11-15-8-9-15/h2-7,10,15,17-18H,8-9,11-13H2,1H3,(H,22,24)/t17-,18+/m0/s1. The van der Waals surface area contributed by atoms with Crippen molar-refractivity contribution in [3.63, 3.8) is 0 Å². The van der Waals surface area contributed by atoms with Crippen LogP contribution in [0.4, 0.5) is 0 Å². The number of aryl methyl sites for hydroxylation is 1. The van der Waals surface area contributed by atoms with Gasteiger partial charge in [-0.15, -0.1) is 11.3 Å². The number of carbonyl (C=O) groups is 2. The Bertz CT molecular complexity index is 798. The third-order valence-electron chi connectivity index (χ3n) is 5.53. The smallest absolute Gasteiger partial charge is 0.263 e. The lowest BCUT2D eigenvalue weighted by atomic mass is 9.86. The van der Waals surface area contributed by atoms with Crippen LogP contribution in [0.1, 0.15) is 39.6 Å². The molecule has 2 amide bonds. The third-order valence-corrected chi connectivity index (χ3v) is 6.38. The fraction of sp³-hybridized carbons (Fsp3) is 0.429. The second kappa shape index (κ2) is 7.23. The molecule has 2 heterocycles. The van der Waals surface area contributed by atoms with E-state index < -0.39 is 0 Å². The van der Waals surface area contributed by atoms with Crippen molar-refractivity contribution in [3.05, 3.63) is 57.8 Å². The van der Waals surface area contributed by atoms with Crippen LogP contribution in [-0.4, -0.2) is 36.3 Å². The molecule has 5 heteroatoms. The summed E-state index contributed by atoms with van der Waals surface area (Å²) in [5.41, 5.74) is 2.36. The van der Waals surface area contributed by atoms with Crippen molar-refractivity contribution in [2.45, 2.75) is 25.7 Å². The van der Waals surface area contributed by atoms with Gasteiger partial charge in [0.15, 0.2) is 0 Å². The van der Waals surface area contributed by atoms with Crippen molar-refractivity contribution in [1.29, 1.82) is 0 Å². The molecule has 1 saturated carbocycles. The van der Waals surface area contributed by atoms with E-state index in [0.717, 1.165) is 11.4 Å². The number of rotatable bonds is 5. The first-order valence-corrected chi connectivity index (χ1v) is 10.2. The maximum absolute atomic E-state index is 12.9. The molecule has 1 aromatic heterocycles. The predicted octanol–water partition coefficient (Wildman–Crippen LogP) is 3.44. The molecular formula is C21H24N2O2S. The quantitative estimate of drug-likeness (QED) is 0.879. The summed E-state index contributed by atoms with van der Waals surface area (Å²) in [5.74, 6) is 0.655. The van der Waals surface area contributed by atoms with Crippen LogP contribution in [0.2, 0.25) is 0 Å². The van der Waals surface area contributed by atoms with E-state index in [9.17, 15) is 9.59 Å². The lowest BCUT2D eigenvalue weighted by molar-refractivity contribution is -0.125. The molecule has 26 heavy (non-hydrogen) atoms. The average Bonchev–Trinajstić information content (AvgIpc) is 3.13. The Labute approximate surface area is 158 Å². The van der Waals surface area contributed by atoms with E-state index in [1.165, 1.54) is 35.3 Å². The molecule has 4 nitrogen and oxygen atoms in total. The molecule has 136 valence electrons. The third kappa shape index (κ3) is 3.54. The van der Waals surface area contributed by atoms with E-state index in [0.29, 0.717) is 19.0 Å². The van der Waals surface area contributed by atoms with Crippen molar-refractivity contribution in [2.24, 2.45) is 11.8 Å². The Morgan fingerprint density at radius 1 is 1.15 bits per heavy atom. The van der Waals surface area contributed by atoms with E-state index in [4.69, 9.17) is 0 Å². The van der Waals surface area contributed by atoms with E-state index in [-0.39, 0.29) is 23.7 Å². The van der Waals surface area contributed by atoms with Crippen LogP contribution in [0, 0.1) is 18.8 Å². The monoisotopic (exact) mass is 368 g/mol. The van der Waals surface area contributed by atoms with Gasteiger partial charge in [0, 0.05) is 25.6 Å². The Morgan fingerprint density at radius 2 is 1.96 bits per heavy atom. The molecule has 2 aromatic rings. The maximum Gasteiger partial charge on any atom is 0.263 e. The Morgan fingerprint density at radius 3 is 2.65 bits per heavy atom. The molecule has 4 rings (SSSR count). The molecule has 2 aliphatic rings. The van der Waals surface area contributed by atoms with Gasteiger partial charge < -0.3 is 10.2 Å². The highest BCUT2D eigenvalue weighted by Gasteiger charge is 2.41. The van der Waals surface area contributed by atoms with Gasteiger partial charge in [0.1, 0.15) is 0 Å². The number of benzene rings is 1. The summed E-state index contributed by atoms with van der Waals surface area (Å²) < 4.78 is 0. The lowest BCUT2D eigenvalue weighted by Gasteiger charge is -2.19. The number of nitrogens with one attached hydrogen (secondary N) is 1. The summed E-state index contributed by atoms with van der Waals surface area (Å²) in [7, 11) is 0. The minimum absolute atomic E-state index is 0.0380. The van der Waals surface area contributed by atoms with Crippen LogP contribution >= 0.6 is 11.3 Å². The first-order chi connectivity index (χ1) is 12.6. The Balaban J connectivity index is 1.56. The topological polar surface area (TPSA) is 49.4 Å². The van der Waals surface area contributed by atoms with Crippen molar-refractivity contribution in [3.8, 4) is 0 Å². The molecule has 0 spiro atoms. The average molecular weight is 369 g/mol. The lowest BCUT2D eigenvalue weighted by Crippen LogP contribution is -2.36. The van der Waals surface area contributed by atoms with Crippen LogP contribution in [-0.2, 0) is 4.79 Å². The summed E-state index contributed by atoms with van der Waals surface area (Å²) in [6.07, 6.45) is 2.43. The van der Waals surface area contributed by atoms with Crippen molar-refractivity contribution in [1.82, 2.24) is 10.2 Å². The fourth-order valence-corrected chi connectivity index (χ4v) is 4.50. The van der Waals surface area contributed by atoms with Gasteiger partial charge in [0.2, 0.25) is 5.91 Å². The van der Waals surface area contributed by atoms with Gasteiger partial charge in [-0.25, -0.2) is 0 Å². The largest absolute Gasteiger partial charge is 0.356 e. The predicted molar refractivity (Wildman–Crippen MR) is 103 cm³/mol. The number of amides is 2. The van der Waals surface area contributed by atoms with Crippen LogP contribution in [0.15, 0.2) is 41.8 Å². The summed E-state index contributed by atoms with van der Waals surface area (Å²) in [6, 6.07) is 12.0. The SMILES string of the molecule is Cc1ccccc1[C@@H]1CN(C(=O)c2cccs2)C[C@H]1C(=O)NCC1CC1. The molecule has 0 unspecified atom stereocenters. The van der Waals surface area contributed by atoms with Crippen LogP contribution < -0.4 is 5.32 Å². The first kappa shape index (κ1) is 17.3. The summed E-state index contributed by atoms with van der Waals surface area (Å²) in [6.45, 7) is 3.95.